The van der Waals surface area contributed by atoms with Gasteiger partial charge in [0.2, 0.25) is 0 Å². The standard InChI is InChI=1S/C16H18FNO2S/c1-18(8-7-13-4-3-9-21-13)11-15(19)12-5-6-16(20-2)14(17)10-12/h3-6,9-10H,7-8,11H2,1-2H3. The minimum absolute atomic E-state index is 0.0924. The highest BCUT2D eigenvalue weighted by Gasteiger charge is 2.12. The van der Waals surface area contributed by atoms with Gasteiger partial charge in [0, 0.05) is 17.0 Å². The summed E-state index contributed by atoms with van der Waals surface area (Å²) < 4.78 is 18.4. The first-order chi connectivity index (χ1) is 10.1. The van der Waals surface area contributed by atoms with Crippen LogP contribution in [-0.4, -0.2) is 37.9 Å². The van der Waals surface area contributed by atoms with E-state index in [0.29, 0.717) is 5.56 Å². The van der Waals surface area contributed by atoms with Gasteiger partial charge in [-0.25, -0.2) is 4.39 Å². The van der Waals surface area contributed by atoms with Crippen molar-refractivity contribution in [1.82, 2.24) is 4.90 Å². The van der Waals surface area contributed by atoms with E-state index >= 15 is 0 Å². The molecule has 1 aromatic carbocycles. The number of ketones is 1. The lowest BCUT2D eigenvalue weighted by molar-refractivity contribution is 0.0946. The van der Waals surface area contributed by atoms with Crippen molar-refractivity contribution in [3.63, 3.8) is 0 Å². The zero-order chi connectivity index (χ0) is 15.2. The van der Waals surface area contributed by atoms with E-state index in [-0.39, 0.29) is 18.1 Å². The Labute approximate surface area is 128 Å². The molecule has 0 amide bonds. The van der Waals surface area contributed by atoms with E-state index in [0.717, 1.165) is 13.0 Å². The number of nitrogens with zero attached hydrogens (tertiary/aromatic N) is 1. The van der Waals surface area contributed by atoms with Crippen LogP contribution >= 0.6 is 11.3 Å². The molecule has 3 nitrogen and oxygen atoms in total. The molecule has 1 aromatic heterocycles. The number of thiophene rings is 1. The van der Waals surface area contributed by atoms with Gasteiger partial charge >= 0.3 is 0 Å². The van der Waals surface area contributed by atoms with Gasteiger partial charge in [-0.1, -0.05) is 6.07 Å². The van der Waals surface area contributed by atoms with Crippen LogP contribution in [0.3, 0.4) is 0 Å². The zero-order valence-electron chi connectivity index (χ0n) is 12.1. The monoisotopic (exact) mass is 307 g/mol. The molecule has 0 unspecified atom stereocenters. The summed E-state index contributed by atoms with van der Waals surface area (Å²) in [7, 11) is 3.30. The highest BCUT2D eigenvalue weighted by atomic mass is 32.1. The van der Waals surface area contributed by atoms with Crippen LogP contribution in [0.25, 0.3) is 0 Å². The van der Waals surface area contributed by atoms with Crippen molar-refractivity contribution in [3.05, 3.63) is 52.0 Å². The summed E-state index contributed by atoms with van der Waals surface area (Å²) in [4.78, 5) is 15.4. The SMILES string of the molecule is COc1ccc(C(=O)CN(C)CCc2cccs2)cc1F. The Hall–Kier alpha value is -1.72. The van der Waals surface area contributed by atoms with Crippen molar-refractivity contribution in [2.75, 3.05) is 27.2 Å². The Kier molecular flexibility index (Phi) is 5.47. The number of likely N-dealkylation sites (N-methyl/N-ethyl adjacent to an activating group) is 1. The van der Waals surface area contributed by atoms with Crippen molar-refractivity contribution in [2.45, 2.75) is 6.42 Å². The molecule has 5 heteroatoms. The number of carbonyl (C=O) groups is 1. The van der Waals surface area contributed by atoms with E-state index in [2.05, 4.69) is 6.07 Å². The normalized spacial score (nSPS) is 10.9. The van der Waals surface area contributed by atoms with Gasteiger partial charge in [0.1, 0.15) is 0 Å². The summed E-state index contributed by atoms with van der Waals surface area (Å²) >= 11 is 1.71. The third kappa shape index (κ3) is 4.37. The van der Waals surface area contributed by atoms with E-state index in [4.69, 9.17) is 4.74 Å². The van der Waals surface area contributed by atoms with E-state index in [1.165, 1.54) is 24.1 Å². The predicted octanol–water partition coefficient (Wildman–Crippen LogP) is 3.25. The van der Waals surface area contributed by atoms with Crippen molar-refractivity contribution < 1.29 is 13.9 Å². The smallest absolute Gasteiger partial charge is 0.176 e. The predicted molar refractivity (Wildman–Crippen MR) is 82.8 cm³/mol. The third-order valence-electron chi connectivity index (χ3n) is 3.21. The van der Waals surface area contributed by atoms with Crippen LogP contribution in [0.4, 0.5) is 4.39 Å². The lowest BCUT2D eigenvalue weighted by Gasteiger charge is -2.15. The summed E-state index contributed by atoms with van der Waals surface area (Å²) in [6.45, 7) is 1.07. The Bertz CT molecular complexity index is 598. The van der Waals surface area contributed by atoms with Crippen molar-refractivity contribution in [1.29, 1.82) is 0 Å². The van der Waals surface area contributed by atoms with E-state index in [1.807, 2.05) is 23.4 Å². The minimum Gasteiger partial charge on any atom is -0.494 e. The second-order valence-corrected chi connectivity index (χ2v) is 5.87. The van der Waals surface area contributed by atoms with E-state index < -0.39 is 5.82 Å². The fraction of sp³-hybridized carbons (Fsp3) is 0.312. The first-order valence-corrected chi connectivity index (χ1v) is 7.56. The van der Waals surface area contributed by atoms with Gasteiger partial charge in [0.15, 0.2) is 17.3 Å². The van der Waals surface area contributed by atoms with Crippen molar-refractivity contribution >= 4 is 17.1 Å². The molecular weight excluding hydrogens is 289 g/mol. The average molecular weight is 307 g/mol. The number of Topliss-reactive ketones (excluding diaryl/α,β-unsaturated/α-hetero) is 1. The molecule has 21 heavy (non-hydrogen) atoms. The molecule has 112 valence electrons. The van der Waals surface area contributed by atoms with Crippen LogP contribution in [-0.2, 0) is 6.42 Å². The largest absolute Gasteiger partial charge is 0.494 e. The quantitative estimate of drug-likeness (QED) is 0.735. The van der Waals surface area contributed by atoms with Crippen LogP contribution in [0.15, 0.2) is 35.7 Å². The van der Waals surface area contributed by atoms with Gasteiger partial charge in [-0.3, -0.25) is 9.69 Å². The molecular formula is C16H18FNO2S. The molecule has 1 heterocycles. The van der Waals surface area contributed by atoms with E-state index in [9.17, 15) is 9.18 Å². The second-order valence-electron chi connectivity index (χ2n) is 4.84. The molecule has 0 aliphatic heterocycles. The molecule has 0 atom stereocenters. The second kappa shape index (κ2) is 7.33. The van der Waals surface area contributed by atoms with Crippen LogP contribution in [0.5, 0.6) is 5.75 Å². The summed E-state index contributed by atoms with van der Waals surface area (Å²) in [6.07, 6.45) is 0.915. The minimum atomic E-state index is -0.510. The van der Waals surface area contributed by atoms with Gasteiger partial charge in [0.25, 0.3) is 0 Å². The molecule has 0 saturated carbocycles. The molecule has 2 rings (SSSR count). The van der Waals surface area contributed by atoms with Gasteiger partial charge in [-0.15, -0.1) is 11.3 Å². The van der Waals surface area contributed by atoms with Crippen LogP contribution < -0.4 is 4.74 Å². The Morgan fingerprint density at radius 3 is 2.81 bits per heavy atom. The molecule has 0 N–H and O–H groups in total. The molecule has 0 aliphatic carbocycles. The summed E-state index contributed by atoms with van der Waals surface area (Å²) in [5, 5.41) is 2.04. The maximum atomic E-state index is 13.6. The number of rotatable bonds is 7. The number of hydrogen-bond donors (Lipinski definition) is 0. The number of ether oxygens (including phenoxy) is 1. The zero-order valence-corrected chi connectivity index (χ0v) is 13.0. The fourth-order valence-corrected chi connectivity index (χ4v) is 2.71. The van der Waals surface area contributed by atoms with Gasteiger partial charge in [0.05, 0.1) is 13.7 Å². The summed E-state index contributed by atoms with van der Waals surface area (Å²) in [6, 6.07) is 8.41. The van der Waals surface area contributed by atoms with Crippen molar-refractivity contribution in [3.8, 4) is 5.75 Å². The first-order valence-electron chi connectivity index (χ1n) is 6.68. The van der Waals surface area contributed by atoms with Gasteiger partial charge in [-0.2, -0.15) is 0 Å². The number of benzene rings is 1. The third-order valence-corrected chi connectivity index (χ3v) is 4.14. The molecule has 0 aliphatic rings. The number of methoxy groups -OCH3 is 1. The highest BCUT2D eigenvalue weighted by molar-refractivity contribution is 7.09. The molecule has 0 radical (unpaired) electrons. The molecule has 0 saturated heterocycles. The average Bonchev–Trinajstić information content (AvgIpc) is 2.98. The lowest BCUT2D eigenvalue weighted by atomic mass is 10.1. The fourth-order valence-electron chi connectivity index (χ4n) is 2.01. The Morgan fingerprint density at radius 2 is 2.19 bits per heavy atom. The van der Waals surface area contributed by atoms with Crippen LogP contribution in [0.1, 0.15) is 15.2 Å². The number of halogens is 1. The van der Waals surface area contributed by atoms with Crippen LogP contribution in [0, 0.1) is 5.82 Å². The van der Waals surface area contributed by atoms with E-state index in [1.54, 1.807) is 17.4 Å². The maximum absolute atomic E-state index is 13.6. The summed E-state index contributed by atoms with van der Waals surface area (Å²) in [5.74, 6) is -0.451. The molecule has 0 spiro atoms. The van der Waals surface area contributed by atoms with Gasteiger partial charge in [-0.05, 0) is 43.1 Å². The molecule has 0 fully saturated rings. The number of carbonyl (C=O) groups excluding carboxylic acids is 1. The Morgan fingerprint density at radius 1 is 1.38 bits per heavy atom. The summed E-state index contributed by atoms with van der Waals surface area (Å²) in [5.41, 5.74) is 0.372. The van der Waals surface area contributed by atoms with Gasteiger partial charge < -0.3 is 4.74 Å². The maximum Gasteiger partial charge on any atom is 0.176 e. The molecule has 0 bridgehead atoms. The van der Waals surface area contributed by atoms with Crippen LogP contribution in [0.2, 0.25) is 0 Å². The topological polar surface area (TPSA) is 29.5 Å². The highest BCUT2D eigenvalue weighted by Crippen LogP contribution is 2.18. The first kappa shape index (κ1) is 15.7. The molecule has 2 aromatic rings. The number of hydrogen-bond acceptors (Lipinski definition) is 4. The Balaban J connectivity index is 1.89. The lowest BCUT2D eigenvalue weighted by Crippen LogP contribution is -2.28. The van der Waals surface area contributed by atoms with Crippen molar-refractivity contribution in [2.24, 2.45) is 0 Å².